The molecule has 0 aliphatic rings. The first-order valence-corrected chi connectivity index (χ1v) is 10.3. The number of aryl methyl sites for hydroxylation is 1. The number of benzene rings is 1. The van der Waals surface area contributed by atoms with Crippen molar-refractivity contribution in [2.75, 3.05) is 26.9 Å². The van der Waals surface area contributed by atoms with Gasteiger partial charge in [0.15, 0.2) is 0 Å². The van der Waals surface area contributed by atoms with E-state index in [0.717, 1.165) is 24.4 Å². The summed E-state index contributed by atoms with van der Waals surface area (Å²) in [6.07, 6.45) is 1.06. The molecule has 1 aromatic rings. The van der Waals surface area contributed by atoms with Crippen LogP contribution >= 0.6 is 0 Å². The van der Waals surface area contributed by atoms with Crippen LogP contribution in [-0.4, -0.2) is 41.9 Å². The van der Waals surface area contributed by atoms with Gasteiger partial charge in [-0.25, -0.2) is 4.79 Å². The van der Waals surface area contributed by atoms with Crippen molar-refractivity contribution in [3.8, 4) is 5.75 Å². The maximum atomic E-state index is 11.1. The molecule has 0 radical (unpaired) electrons. The minimum Gasteiger partial charge on any atom is -0.437 e. The van der Waals surface area contributed by atoms with Crippen molar-refractivity contribution >= 4 is 15.0 Å². The van der Waals surface area contributed by atoms with Gasteiger partial charge in [-0.2, -0.15) is 0 Å². The molecule has 0 amide bonds. The summed E-state index contributed by atoms with van der Waals surface area (Å²) < 4.78 is 27.0. The van der Waals surface area contributed by atoms with Gasteiger partial charge in [-0.05, 0) is 51.3 Å². The second-order valence-corrected chi connectivity index (χ2v) is 7.77. The predicted molar refractivity (Wildman–Crippen MR) is 93.2 cm³/mol. The number of hydrogen-bond donors (Lipinski definition) is 0. The fourth-order valence-corrected chi connectivity index (χ4v) is 4.98. The number of methoxy groups -OCH3 is 1. The molecule has 0 aliphatic carbocycles. The summed E-state index contributed by atoms with van der Waals surface area (Å²) in [5, 5.41) is 0. The summed E-state index contributed by atoms with van der Waals surface area (Å²) in [5.74, 6) is 0.465. The molecule has 0 spiro atoms. The van der Waals surface area contributed by atoms with E-state index in [0.29, 0.717) is 25.6 Å². The molecule has 0 atom stereocenters. The molecule has 1 aromatic carbocycles. The van der Waals surface area contributed by atoms with Crippen LogP contribution in [0.15, 0.2) is 24.3 Å². The highest BCUT2D eigenvalue weighted by molar-refractivity contribution is 6.60. The van der Waals surface area contributed by atoms with Gasteiger partial charge in [0.05, 0.1) is 7.11 Å². The SMILES string of the molecule is CCO[Si](CCCc1ccc(OC(=O)OC)cc1)(OCC)OCC. The Hall–Kier alpha value is -1.41. The Morgan fingerprint density at radius 1 is 0.958 bits per heavy atom. The molecule has 0 saturated carbocycles. The molecule has 0 heterocycles. The summed E-state index contributed by atoms with van der Waals surface area (Å²) in [6.45, 7) is 7.64. The van der Waals surface area contributed by atoms with Gasteiger partial charge in [-0.15, -0.1) is 0 Å². The number of rotatable bonds is 11. The minimum absolute atomic E-state index is 0.465. The van der Waals surface area contributed by atoms with Crippen molar-refractivity contribution in [1.82, 2.24) is 0 Å². The number of carbonyl (C=O) groups is 1. The normalized spacial score (nSPS) is 11.3. The van der Waals surface area contributed by atoms with Crippen LogP contribution in [0.4, 0.5) is 4.79 Å². The maximum absolute atomic E-state index is 11.1. The van der Waals surface area contributed by atoms with E-state index in [1.54, 1.807) is 12.1 Å². The average Bonchev–Trinajstić information content (AvgIpc) is 2.57. The molecule has 136 valence electrons. The Labute approximate surface area is 145 Å². The van der Waals surface area contributed by atoms with Gasteiger partial charge >= 0.3 is 15.0 Å². The van der Waals surface area contributed by atoms with Crippen LogP contribution in [0.2, 0.25) is 6.04 Å². The van der Waals surface area contributed by atoms with Gasteiger partial charge in [-0.1, -0.05) is 12.1 Å². The molecule has 6 nitrogen and oxygen atoms in total. The average molecular weight is 356 g/mol. The van der Waals surface area contributed by atoms with E-state index in [4.69, 9.17) is 18.0 Å². The molecule has 7 heteroatoms. The summed E-state index contributed by atoms with van der Waals surface area (Å²) in [6, 6.07) is 8.16. The zero-order valence-electron chi connectivity index (χ0n) is 15.0. The second-order valence-electron chi connectivity index (χ2n) is 5.04. The van der Waals surface area contributed by atoms with Crippen LogP contribution in [-0.2, 0) is 24.4 Å². The summed E-state index contributed by atoms with van der Waals surface area (Å²) in [7, 11) is -1.29. The van der Waals surface area contributed by atoms with Crippen molar-refractivity contribution in [1.29, 1.82) is 0 Å². The van der Waals surface area contributed by atoms with Crippen molar-refractivity contribution in [3.63, 3.8) is 0 Å². The second kappa shape index (κ2) is 11.2. The maximum Gasteiger partial charge on any atom is 0.513 e. The van der Waals surface area contributed by atoms with E-state index in [2.05, 4.69) is 4.74 Å². The lowest BCUT2D eigenvalue weighted by Gasteiger charge is -2.28. The van der Waals surface area contributed by atoms with Crippen LogP contribution in [0.3, 0.4) is 0 Å². The molecule has 0 N–H and O–H groups in total. The third-order valence-corrected chi connectivity index (χ3v) is 6.48. The Bertz CT molecular complexity index is 459. The van der Waals surface area contributed by atoms with Gasteiger partial charge in [0.1, 0.15) is 5.75 Å². The Balaban J connectivity index is 2.55. The first-order chi connectivity index (χ1) is 11.6. The number of hydrogen-bond acceptors (Lipinski definition) is 6. The highest BCUT2D eigenvalue weighted by atomic mass is 28.4. The highest BCUT2D eigenvalue weighted by Gasteiger charge is 2.39. The third-order valence-electron chi connectivity index (χ3n) is 3.33. The molecule has 0 fully saturated rings. The molecule has 24 heavy (non-hydrogen) atoms. The first kappa shape index (κ1) is 20.6. The smallest absolute Gasteiger partial charge is 0.437 e. The van der Waals surface area contributed by atoms with E-state index in [1.165, 1.54) is 7.11 Å². The van der Waals surface area contributed by atoms with Crippen LogP contribution in [0.1, 0.15) is 32.8 Å². The molecule has 0 unspecified atom stereocenters. The molecule has 0 aliphatic heterocycles. The van der Waals surface area contributed by atoms with Crippen LogP contribution in [0.25, 0.3) is 0 Å². The summed E-state index contributed by atoms with van der Waals surface area (Å²) in [4.78, 5) is 11.1. The van der Waals surface area contributed by atoms with E-state index in [1.807, 2.05) is 32.9 Å². The van der Waals surface area contributed by atoms with Crippen LogP contribution in [0.5, 0.6) is 5.75 Å². The van der Waals surface area contributed by atoms with Crippen molar-refractivity contribution in [3.05, 3.63) is 29.8 Å². The molecule has 0 aromatic heterocycles. The number of ether oxygens (including phenoxy) is 2. The fourth-order valence-electron chi connectivity index (χ4n) is 2.37. The van der Waals surface area contributed by atoms with Crippen molar-refractivity contribution < 1.29 is 27.5 Å². The molecule has 0 bridgehead atoms. The van der Waals surface area contributed by atoms with Gasteiger partial charge in [-0.3, -0.25) is 0 Å². The Kier molecular flexibility index (Phi) is 9.62. The molecule has 1 rings (SSSR count). The van der Waals surface area contributed by atoms with E-state index in [-0.39, 0.29) is 0 Å². The number of carbonyl (C=O) groups excluding carboxylic acids is 1. The van der Waals surface area contributed by atoms with Gasteiger partial charge < -0.3 is 22.8 Å². The molecule has 0 saturated heterocycles. The Morgan fingerprint density at radius 2 is 1.50 bits per heavy atom. The summed E-state index contributed by atoms with van der Waals surface area (Å²) >= 11 is 0. The lowest BCUT2D eigenvalue weighted by molar-refractivity contribution is 0.0708. The van der Waals surface area contributed by atoms with Gasteiger partial charge in [0, 0.05) is 25.9 Å². The topological polar surface area (TPSA) is 63.2 Å². The van der Waals surface area contributed by atoms with E-state index >= 15 is 0 Å². The highest BCUT2D eigenvalue weighted by Crippen LogP contribution is 2.21. The first-order valence-electron chi connectivity index (χ1n) is 8.35. The molecular weight excluding hydrogens is 328 g/mol. The van der Waals surface area contributed by atoms with E-state index < -0.39 is 15.0 Å². The van der Waals surface area contributed by atoms with E-state index in [9.17, 15) is 4.79 Å². The van der Waals surface area contributed by atoms with Gasteiger partial charge in [0.25, 0.3) is 0 Å². The van der Waals surface area contributed by atoms with Crippen molar-refractivity contribution in [2.45, 2.75) is 39.7 Å². The van der Waals surface area contributed by atoms with Crippen molar-refractivity contribution in [2.24, 2.45) is 0 Å². The lowest BCUT2D eigenvalue weighted by Crippen LogP contribution is -2.46. The standard InChI is InChI=1S/C17H28O6Si/c1-5-20-24(21-6-2,22-7-3)14-8-9-15-10-12-16(13-11-15)23-17(18)19-4/h10-13H,5-9,14H2,1-4H3. The zero-order valence-corrected chi connectivity index (χ0v) is 16.0. The van der Waals surface area contributed by atoms with Crippen LogP contribution in [0, 0.1) is 0 Å². The molecular formula is C17H28O6Si. The minimum atomic E-state index is -2.57. The van der Waals surface area contributed by atoms with Gasteiger partial charge in [0.2, 0.25) is 0 Å². The largest absolute Gasteiger partial charge is 0.513 e. The zero-order chi connectivity index (χ0) is 17.8. The van der Waals surface area contributed by atoms with Crippen LogP contribution < -0.4 is 4.74 Å². The Morgan fingerprint density at radius 3 is 1.96 bits per heavy atom. The lowest BCUT2D eigenvalue weighted by atomic mass is 10.1. The third kappa shape index (κ3) is 7.00. The predicted octanol–water partition coefficient (Wildman–Crippen LogP) is 3.81. The monoisotopic (exact) mass is 356 g/mol. The quantitative estimate of drug-likeness (QED) is 0.341. The summed E-state index contributed by atoms with van der Waals surface area (Å²) in [5.41, 5.74) is 1.15. The fraction of sp³-hybridized carbons (Fsp3) is 0.588.